The summed E-state index contributed by atoms with van der Waals surface area (Å²) in [5.74, 6) is -0.00757. The second kappa shape index (κ2) is 10.7. The van der Waals surface area contributed by atoms with Crippen LogP contribution in [0.1, 0.15) is 72.1 Å². The van der Waals surface area contributed by atoms with E-state index in [-0.39, 0.29) is 5.97 Å². The van der Waals surface area contributed by atoms with Crippen LogP contribution in [0.15, 0.2) is 9.67 Å². The van der Waals surface area contributed by atoms with Crippen molar-refractivity contribution in [2.45, 2.75) is 85.4 Å². The van der Waals surface area contributed by atoms with E-state index in [1.54, 1.807) is 0 Å². The number of rotatable bonds is 10. The Morgan fingerprint density at radius 3 is 1.95 bits per heavy atom. The van der Waals surface area contributed by atoms with E-state index >= 15 is 0 Å². The minimum atomic E-state index is -2.31. The Labute approximate surface area is 135 Å². The van der Waals surface area contributed by atoms with E-state index in [9.17, 15) is 4.79 Å². The number of unbranched alkanes of at least 4 members (excludes halogenated alkanes) is 3. The first-order valence-corrected chi connectivity index (χ1v) is 16.8. The van der Waals surface area contributed by atoms with Crippen molar-refractivity contribution in [3.8, 4) is 0 Å². The van der Waals surface area contributed by atoms with Gasteiger partial charge in [-0.15, -0.1) is 0 Å². The third-order valence-electron chi connectivity index (χ3n) is 4.65. The summed E-state index contributed by atoms with van der Waals surface area (Å²) in [4.78, 5) is 12.0. The van der Waals surface area contributed by atoms with Gasteiger partial charge < -0.3 is 0 Å². The van der Waals surface area contributed by atoms with Crippen LogP contribution in [0, 0.1) is 0 Å². The molecule has 0 aliphatic carbocycles. The average molecular weight is 401 g/mol. The van der Waals surface area contributed by atoms with Crippen LogP contribution in [0.4, 0.5) is 0 Å². The molecule has 0 atom stereocenters. The summed E-state index contributed by atoms with van der Waals surface area (Å²) in [5.41, 5.74) is 1.04. The van der Waals surface area contributed by atoms with Crippen molar-refractivity contribution in [2.75, 3.05) is 6.61 Å². The van der Waals surface area contributed by atoms with E-state index in [2.05, 4.69) is 24.9 Å². The van der Waals surface area contributed by atoms with Gasteiger partial charge in [0.1, 0.15) is 0 Å². The maximum absolute atomic E-state index is 12.0. The van der Waals surface area contributed by atoms with Crippen molar-refractivity contribution in [1.29, 1.82) is 0 Å². The van der Waals surface area contributed by atoms with Gasteiger partial charge in [-0.25, -0.2) is 0 Å². The van der Waals surface area contributed by atoms with Crippen LogP contribution in [0.3, 0.4) is 0 Å². The molecular formula is C18H34O2Sn. The van der Waals surface area contributed by atoms with E-state index < -0.39 is 18.4 Å². The van der Waals surface area contributed by atoms with E-state index in [0.717, 1.165) is 18.4 Å². The van der Waals surface area contributed by atoms with Crippen LogP contribution in [-0.4, -0.2) is 31.0 Å². The number of hydrogen-bond donors (Lipinski definition) is 0. The summed E-state index contributed by atoms with van der Waals surface area (Å²) in [7, 11) is 0. The van der Waals surface area contributed by atoms with Gasteiger partial charge in [-0.3, -0.25) is 0 Å². The average Bonchev–Trinajstić information content (AvgIpc) is 2.51. The van der Waals surface area contributed by atoms with Crippen molar-refractivity contribution < 1.29 is 9.53 Å². The molecule has 3 heteroatoms. The molecule has 0 aromatic carbocycles. The zero-order valence-corrected chi connectivity index (χ0v) is 17.2. The Morgan fingerprint density at radius 2 is 1.52 bits per heavy atom. The third kappa shape index (κ3) is 6.75. The fourth-order valence-corrected chi connectivity index (χ4v) is 18.6. The van der Waals surface area contributed by atoms with Gasteiger partial charge in [0, 0.05) is 0 Å². The topological polar surface area (TPSA) is 26.3 Å². The van der Waals surface area contributed by atoms with Gasteiger partial charge in [-0.2, -0.15) is 0 Å². The van der Waals surface area contributed by atoms with Crippen LogP contribution in [0.5, 0.6) is 0 Å². The number of esters is 1. The first kappa shape index (κ1) is 19.1. The fraction of sp³-hybridized carbons (Fsp3) is 0.833. The SMILES string of the molecule is CCC[CH2][Sn](/[CH]=C1/CCCOC1=O)([CH2]CCC)[CH2]CCC. The van der Waals surface area contributed by atoms with Crippen LogP contribution >= 0.6 is 0 Å². The molecule has 1 fully saturated rings. The Balaban J connectivity index is 2.93. The molecule has 1 rings (SSSR count). The Hall–Kier alpha value is 0.00870. The Morgan fingerprint density at radius 1 is 1.00 bits per heavy atom. The van der Waals surface area contributed by atoms with E-state index in [0.29, 0.717) is 6.61 Å². The van der Waals surface area contributed by atoms with Gasteiger partial charge in [0.05, 0.1) is 0 Å². The first-order valence-electron chi connectivity index (χ1n) is 9.06. The van der Waals surface area contributed by atoms with Crippen LogP contribution in [0.25, 0.3) is 0 Å². The molecule has 0 unspecified atom stereocenters. The molecule has 1 saturated heterocycles. The number of ether oxygens (including phenoxy) is 1. The van der Waals surface area contributed by atoms with Gasteiger partial charge in [-0.1, -0.05) is 0 Å². The van der Waals surface area contributed by atoms with Crippen LogP contribution < -0.4 is 0 Å². The summed E-state index contributed by atoms with van der Waals surface area (Å²) in [6.45, 7) is 7.49. The first-order chi connectivity index (χ1) is 10.2. The van der Waals surface area contributed by atoms with Crippen molar-refractivity contribution in [1.82, 2.24) is 0 Å². The predicted molar refractivity (Wildman–Crippen MR) is 93.2 cm³/mol. The van der Waals surface area contributed by atoms with Crippen molar-refractivity contribution in [3.05, 3.63) is 9.67 Å². The quantitative estimate of drug-likeness (QED) is 0.269. The van der Waals surface area contributed by atoms with E-state index in [4.69, 9.17) is 4.74 Å². The molecule has 0 radical (unpaired) electrons. The summed E-state index contributed by atoms with van der Waals surface area (Å²) >= 11 is -2.31. The van der Waals surface area contributed by atoms with Gasteiger partial charge in [0.2, 0.25) is 0 Å². The normalized spacial score (nSPS) is 18.0. The monoisotopic (exact) mass is 402 g/mol. The summed E-state index contributed by atoms with van der Waals surface area (Å²) in [6.07, 6.45) is 9.88. The molecule has 0 aromatic rings. The maximum atomic E-state index is 12.0. The molecule has 0 N–H and O–H groups in total. The van der Waals surface area contributed by atoms with E-state index in [1.807, 2.05) is 0 Å². The standard InChI is InChI=1S/C6H7O2.3C4H9.Sn/c1-5-3-2-4-8-6(5)7;3*1-3-4-2;/h1H,2-4H2;3*1,3-4H2,2H3;. The molecule has 2 nitrogen and oxygen atoms in total. The van der Waals surface area contributed by atoms with E-state index in [1.165, 1.54) is 51.8 Å². The van der Waals surface area contributed by atoms with Crippen molar-refractivity contribution >= 4 is 24.3 Å². The molecule has 0 spiro atoms. The van der Waals surface area contributed by atoms with Crippen LogP contribution in [-0.2, 0) is 9.53 Å². The van der Waals surface area contributed by atoms with Crippen molar-refractivity contribution in [3.63, 3.8) is 0 Å². The fourth-order valence-electron chi connectivity index (χ4n) is 3.30. The summed E-state index contributed by atoms with van der Waals surface area (Å²) < 4.78 is 12.1. The third-order valence-corrected chi connectivity index (χ3v) is 18.9. The minimum absolute atomic E-state index is 0.00757. The molecule has 1 aliphatic heterocycles. The summed E-state index contributed by atoms with van der Waals surface area (Å²) in [6, 6.07) is 0. The molecule has 0 bridgehead atoms. The number of carbonyl (C=O) groups is 1. The molecule has 0 saturated carbocycles. The number of cyclic esters (lactones) is 1. The zero-order valence-electron chi connectivity index (χ0n) is 14.4. The molecular weight excluding hydrogens is 367 g/mol. The second-order valence-electron chi connectivity index (χ2n) is 6.58. The zero-order chi connectivity index (χ0) is 15.6. The van der Waals surface area contributed by atoms with Gasteiger partial charge in [-0.05, 0) is 0 Å². The number of hydrogen-bond acceptors (Lipinski definition) is 2. The molecule has 0 aromatic heterocycles. The van der Waals surface area contributed by atoms with Gasteiger partial charge >= 0.3 is 136 Å². The predicted octanol–water partition coefficient (Wildman–Crippen LogP) is 5.64. The molecule has 122 valence electrons. The Kier molecular flexibility index (Phi) is 9.70. The Bertz CT molecular complexity index is 314. The van der Waals surface area contributed by atoms with Gasteiger partial charge in [0.15, 0.2) is 0 Å². The summed E-state index contributed by atoms with van der Waals surface area (Å²) in [5, 5.41) is 0. The van der Waals surface area contributed by atoms with Crippen molar-refractivity contribution in [2.24, 2.45) is 0 Å². The molecule has 21 heavy (non-hydrogen) atoms. The number of carbonyl (C=O) groups excluding carboxylic acids is 1. The molecule has 0 amide bonds. The second-order valence-corrected chi connectivity index (χ2v) is 19.5. The molecule has 1 aliphatic rings. The molecule has 1 heterocycles. The van der Waals surface area contributed by atoms with Crippen LogP contribution in [0.2, 0.25) is 13.3 Å². The van der Waals surface area contributed by atoms with Gasteiger partial charge in [0.25, 0.3) is 0 Å².